The molecule has 1 saturated heterocycles. The van der Waals surface area contributed by atoms with Gasteiger partial charge >= 0.3 is 0 Å². The Labute approximate surface area is 132 Å². The summed E-state index contributed by atoms with van der Waals surface area (Å²) in [5.41, 5.74) is 8.31. The lowest BCUT2D eigenvalue weighted by atomic mass is 9.85. The second-order valence-corrected chi connectivity index (χ2v) is 7.54. The SMILES string of the molecule is C[C@H]1CCCN(Cc2cc(C(N)=O)c3c(c2)C(C)(C)CO3)C1. The van der Waals surface area contributed by atoms with Gasteiger partial charge in [0.15, 0.2) is 0 Å². The molecule has 120 valence electrons. The fraction of sp³-hybridized carbons (Fsp3) is 0.611. The highest BCUT2D eigenvalue weighted by atomic mass is 16.5. The third kappa shape index (κ3) is 2.84. The molecule has 4 nitrogen and oxygen atoms in total. The third-order valence-electron chi connectivity index (χ3n) is 4.87. The Morgan fingerprint density at radius 3 is 2.91 bits per heavy atom. The lowest BCUT2D eigenvalue weighted by Crippen LogP contribution is -2.33. The number of likely N-dealkylation sites (tertiary alicyclic amines) is 1. The van der Waals surface area contributed by atoms with E-state index in [0.717, 1.165) is 31.1 Å². The summed E-state index contributed by atoms with van der Waals surface area (Å²) in [6.45, 7) is 10.4. The summed E-state index contributed by atoms with van der Waals surface area (Å²) in [6.07, 6.45) is 2.57. The molecule has 2 N–H and O–H groups in total. The summed E-state index contributed by atoms with van der Waals surface area (Å²) < 4.78 is 5.75. The minimum Gasteiger partial charge on any atom is -0.492 e. The number of nitrogens with two attached hydrogens (primary N) is 1. The van der Waals surface area contributed by atoms with Crippen molar-refractivity contribution >= 4 is 5.91 Å². The van der Waals surface area contributed by atoms with Gasteiger partial charge in [-0.15, -0.1) is 0 Å². The Hall–Kier alpha value is -1.55. The van der Waals surface area contributed by atoms with Crippen molar-refractivity contribution < 1.29 is 9.53 Å². The van der Waals surface area contributed by atoms with E-state index in [2.05, 4.69) is 31.7 Å². The number of carbonyl (C=O) groups is 1. The van der Waals surface area contributed by atoms with E-state index in [1.807, 2.05) is 6.07 Å². The van der Waals surface area contributed by atoms with Crippen LogP contribution in [0.4, 0.5) is 0 Å². The van der Waals surface area contributed by atoms with Crippen molar-refractivity contribution in [3.05, 3.63) is 28.8 Å². The van der Waals surface area contributed by atoms with Gasteiger partial charge in [-0.05, 0) is 36.9 Å². The summed E-state index contributed by atoms with van der Waals surface area (Å²) in [6, 6.07) is 4.12. The highest BCUT2D eigenvalue weighted by Crippen LogP contribution is 2.41. The van der Waals surface area contributed by atoms with Crippen LogP contribution in [0.3, 0.4) is 0 Å². The zero-order valence-electron chi connectivity index (χ0n) is 13.8. The van der Waals surface area contributed by atoms with Crippen LogP contribution in [-0.4, -0.2) is 30.5 Å². The Morgan fingerprint density at radius 1 is 1.45 bits per heavy atom. The molecule has 2 heterocycles. The van der Waals surface area contributed by atoms with Gasteiger partial charge in [0.25, 0.3) is 5.91 Å². The second kappa shape index (κ2) is 5.58. The molecule has 22 heavy (non-hydrogen) atoms. The quantitative estimate of drug-likeness (QED) is 0.934. The predicted molar refractivity (Wildman–Crippen MR) is 87.2 cm³/mol. The summed E-state index contributed by atoms with van der Waals surface area (Å²) in [4.78, 5) is 14.3. The zero-order valence-corrected chi connectivity index (χ0v) is 13.8. The van der Waals surface area contributed by atoms with Crippen molar-refractivity contribution in [1.82, 2.24) is 4.90 Å². The van der Waals surface area contributed by atoms with Gasteiger partial charge in [-0.25, -0.2) is 0 Å². The van der Waals surface area contributed by atoms with Crippen molar-refractivity contribution in [2.45, 2.75) is 45.6 Å². The number of amides is 1. The first-order valence-corrected chi connectivity index (χ1v) is 8.19. The average molecular weight is 302 g/mol. The van der Waals surface area contributed by atoms with Gasteiger partial charge in [0.1, 0.15) is 5.75 Å². The minimum absolute atomic E-state index is 0.0647. The van der Waals surface area contributed by atoms with E-state index < -0.39 is 5.91 Å². The van der Waals surface area contributed by atoms with Gasteiger partial charge < -0.3 is 10.5 Å². The van der Waals surface area contributed by atoms with Crippen molar-refractivity contribution in [3.8, 4) is 5.75 Å². The standard InChI is InChI=1S/C18H26N2O2/c1-12-5-4-6-20(9-12)10-13-7-14(17(19)21)16-15(8-13)18(2,3)11-22-16/h7-8,12H,4-6,9-11H2,1-3H3,(H2,19,21)/t12-/m0/s1. The molecule has 0 radical (unpaired) electrons. The average Bonchev–Trinajstić information content (AvgIpc) is 2.74. The van der Waals surface area contributed by atoms with E-state index in [4.69, 9.17) is 10.5 Å². The van der Waals surface area contributed by atoms with Crippen molar-refractivity contribution in [2.75, 3.05) is 19.7 Å². The van der Waals surface area contributed by atoms with Gasteiger partial charge in [0, 0.05) is 24.1 Å². The molecule has 2 aliphatic rings. The molecule has 0 aromatic heterocycles. The lowest BCUT2D eigenvalue weighted by Gasteiger charge is -2.31. The number of piperidine rings is 1. The fourth-order valence-electron chi connectivity index (χ4n) is 3.64. The third-order valence-corrected chi connectivity index (χ3v) is 4.87. The normalized spacial score (nSPS) is 23.9. The largest absolute Gasteiger partial charge is 0.492 e. The Morgan fingerprint density at radius 2 is 2.23 bits per heavy atom. The molecule has 1 aromatic carbocycles. The number of hydrogen-bond donors (Lipinski definition) is 1. The molecule has 0 saturated carbocycles. The highest BCUT2D eigenvalue weighted by Gasteiger charge is 2.35. The molecule has 1 fully saturated rings. The van der Waals surface area contributed by atoms with Gasteiger partial charge in [-0.2, -0.15) is 0 Å². The molecule has 2 aliphatic heterocycles. The molecular weight excluding hydrogens is 276 g/mol. The first-order chi connectivity index (χ1) is 10.4. The second-order valence-electron chi connectivity index (χ2n) is 7.54. The Balaban J connectivity index is 1.92. The molecule has 3 rings (SSSR count). The van der Waals surface area contributed by atoms with Crippen LogP contribution in [0, 0.1) is 5.92 Å². The molecule has 0 aliphatic carbocycles. The van der Waals surface area contributed by atoms with Crippen molar-refractivity contribution in [2.24, 2.45) is 11.7 Å². The monoisotopic (exact) mass is 302 g/mol. The molecule has 4 heteroatoms. The van der Waals surface area contributed by atoms with Crippen LogP contribution >= 0.6 is 0 Å². The maximum Gasteiger partial charge on any atom is 0.252 e. The van der Waals surface area contributed by atoms with Crippen LogP contribution in [0.2, 0.25) is 0 Å². The highest BCUT2D eigenvalue weighted by molar-refractivity contribution is 5.96. The Bertz CT molecular complexity index is 595. The van der Waals surface area contributed by atoms with Crippen LogP contribution < -0.4 is 10.5 Å². The number of primary amides is 1. The number of carbonyl (C=O) groups excluding carboxylic acids is 1. The predicted octanol–water partition coefficient (Wildman–Crippen LogP) is 2.69. The molecule has 0 bridgehead atoms. The molecule has 1 atom stereocenters. The Kier molecular flexibility index (Phi) is 3.89. The van der Waals surface area contributed by atoms with Crippen LogP contribution in [0.1, 0.15) is 55.1 Å². The first kappa shape index (κ1) is 15.3. The van der Waals surface area contributed by atoms with Gasteiger partial charge in [0.2, 0.25) is 0 Å². The van der Waals surface area contributed by atoms with Crippen LogP contribution in [0.15, 0.2) is 12.1 Å². The summed E-state index contributed by atoms with van der Waals surface area (Å²) in [7, 11) is 0. The van der Waals surface area contributed by atoms with Crippen molar-refractivity contribution in [1.29, 1.82) is 0 Å². The van der Waals surface area contributed by atoms with E-state index in [1.54, 1.807) is 0 Å². The molecule has 1 amide bonds. The minimum atomic E-state index is -0.400. The first-order valence-electron chi connectivity index (χ1n) is 8.19. The topological polar surface area (TPSA) is 55.6 Å². The van der Waals surface area contributed by atoms with Gasteiger partial charge in [-0.1, -0.05) is 26.8 Å². The molecule has 0 unspecified atom stereocenters. The maximum absolute atomic E-state index is 11.8. The number of rotatable bonds is 3. The lowest BCUT2D eigenvalue weighted by molar-refractivity contribution is 0.0996. The molecular formula is C18H26N2O2. The van der Waals surface area contributed by atoms with E-state index in [-0.39, 0.29) is 5.41 Å². The van der Waals surface area contributed by atoms with Crippen LogP contribution in [0.25, 0.3) is 0 Å². The van der Waals surface area contributed by atoms with E-state index in [9.17, 15) is 4.79 Å². The molecule has 0 spiro atoms. The van der Waals surface area contributed by atoms with Crippen LogP contribution in [-0.2, 0) is 12.0 Å². The summed E-state index contributed by atoms with van der Waals surface area (Å²) >= 11 is 0. The molecule has 1 aromatic rings. The number of ether oxygens (including phenoxy) is 1. The van der Waals surface area contributed by atoms with E-state index >= 15 is 0 Å². The van der Waals surface area contributed by atoms with Crippen molar-refractivity contribution in [3.63, 3.8) is 0 Å². The van der Waals surface area contributed by atoms with Gasteiger partial charge in [0.05, 0.1) is 12.2 Å². The number of benzene rings is 1. The number of nitrogens with zero attached hydrogens (tertiary/aromatic N) is 1. The van der Waals surface area contributed by atoms with Gasteiger partial charge in [-0.3, -0.25) is 9.69 Å². The summed E-state index contributed by atoms with van der Waals surface area (Å²) in [5.74, 6) is 1.04. The van der Waals surface area contributed by atoms with E-state index in [1.165, 1.54) is 18.4 Å². The number of fused-ring (bicyclic) bond motifs is 1. The van der Waals surface area contributed by atoms with E-state index in [0.29, 0.717) is 17.9 Å². The zero-order chi connectivity index (χ0) is 15.9. The smallest absolute Gasteiger partial charge is 0.252 e. The fourth-order valence-corrected chi connectivity index (χ4v) is 3.64. The maximum atomic E-state index is 11.8. The summed E-state index contributed by atoms with van der Waals surface area (Å²) in [5, 5.41) is 0. The van der Waals surface area contributed by atoms with Crippen LogP contribution in [0.5, 0.6) is 5.75 Å². The number of hydrogen-bond acceptors (Lipinski definition) is 3.